The number of hydrogen-bond acceptors (Lipinski definition) is 4. The van der Waals surface area contributed by atoms with Crippen LogP contribution in [0.3, 0.4) is 0 Å². The fourth-order valence-corrected chi connectivity index (χ4v) is 2.40. The molecule has 1 unspecified atom stereocenters. The maximum Gasteiger partial charge on any atom is 0.335 e. The van der Waals surface area contributed by atoms with E-state index in [1.807, 2.05) is 13.8 Å². The number of nitrogens with two attached hydrogens (primary N) is 1. The van der Waals surface area contributed by atoms with Gasteiger partial charge in [-0.1, -0.05) is 26.2 Å². The minimum Gasteiger partial charge on any atom is -0.464 e. The predicted octanol–water partition coefficient (Wildman–Crippen LogP) is 2.01. The van der Waals surface area contributed by atoms with E-state index in [2.05, 4.69) is 0 Å². The first-order chi connectivity index (χ1) is 8.17. The van der Waals surface area contributed by atoms with Gasteiger partial charge in [-0.25, -0.2) is 4.79 Å². The Kier molecular flexibility index (Phi) is 5.92. The van der Waals surface area contributed by atoms with Gasteiger partial charge < -0.3 is 15.2 Å². The molecule has 0 aromatic rings. The van der Waals surface area contributed by atoms with Gasteiger partial charge in [0.25, 0.3) is 0 Å². The van der Waals surface area contributed by atoms with Gasteiger partial charge in [0.15, 0.2) is 6.10 Å². The van der Waals surface area contributed by atoms with Crippen LogP contribution < -0.4 is 5.73 Å². The quantitative estimate of drug-likeness (QED) is 0.725. The standard InChI is InChI=1S/C13H25NO3/c1-3-11(12(15)16-4-2)17-13(10-14)8-6-5-7-9-13/h11H,3-10,14H2,1-2H3. The van der Waals surface area contributed by atoms with E-state index in [0.29, 0.717) is 19.6 Å². The van der Waals surface area contributed by atoms with Crippen molar-refractivity contribution in [3.63, 3.8) is 0 Å². The number of esters is 1. The summed E-state index contributed by atoms with van der Waals surface area (Å²) < 4.78 is 11.0. The fraction of sp³-hybridized carbons (Fsp3) is 0.923. The number of ether oxygens (including phenoxy) is 2. The van der Waals surface area contributed by atoms with Gasteiger partial charge in [0.1, 0.15) is 0 Å². The van der Waals surface area contributed by atoms with Crippen LogP contribution in [0.2, 0.25) is 0 Å². The van der Waals surface area contributed by atoms with Crippen LogP contribution in [0.15, 0.2) is 0 Å². The van der Waals surface area contributed by atoms with E-state index in [0.717, 1.165) is 25.7 Å². The molecule has 1 fully saturated rings. The Labute approximate surface area is 104 Å². The molecule has 1 saturated carbocycles. The zero-order chi connectivity index (χ0) is 12.7. The number of carbonyl (C=O) groups excluding carboxylic acids is 1. The van der Waals surface area contributed by atoms with E-state index >= 15 is 0 Å². The Balaban J connectivity index is 2.60. The molecular formula is C13H25NO3. The second-order valence-electron chi connectivity index (χ2n) is 4.71. The molecule has 4 nitrogen and oxygen atoms in total. The van der Waals surface area contributed by atoms with Gasteiger partial charge in [0.2, 0.25) is 0 Å². The van der Waals surface area contributed by atoms with Crippen LogP contribution in [-0.2, 0) is 14.3 Å². The minimum atomic E-state index is -0.461. The molecule has 0 bridgehead atoms. The topological polar surface area (TPSA) is 61.5 Å². The minimum absolute atomic E-state index is 0.256. The third-order valence-corrected chi connectivity index (χ3v) is 3.45. The Bertz CT molecular complexity index is 237. The normalized spacial score (nSPS) is 20.9. The van der Waals surface area contributed by atoms with Crippen LogP contribution in [-0.4, -0.2) is 30.8 Å². The average Bonchev–Trinajstić information content (AvgIpc) is 2.37. The number of rotatable bonds is 6. The molecule has 0 aromatic heterocycles. The van der Waals surface area contributed by atoms with E-state index in [4.69, 9.17) is 15.2 Å². The van der Waals surface area contributed by atoms with Crippen molar-refractivity contribution >= 4 is 5.97 Å². The van der Waals surface area contributed by atoms with Crippen LogP contribution in [0.4, 0.5) is 0 Å². The monoisotopic (exact) mass is 243 g/mol. The third kappa shape index (κ3) is 3.96. The van der Waals surface area contributed by atoms with E-state index in [9.17, 15) is 4.79 Å². The lowest BCUT2D eigenvalue weighted by molar-refractivity contribution is -0.173. The fourth-order valence-electron chi connectivity index (χ4n) is 2.40. The molecule has 0 aromatic carbocycles. The van der Waals surface area contributed by atoms with Gasteiger partial charge in [-0.15, -0.1) is 0 Å². The smallest absolute Gasteiger partial charge is 0.335 e. The zero-order valence-electron chi connectivity index (χ0n) is 11.0. The Morgan fingerprint density at radius 2 is 1.94 bits per heavy atom. The number of hydrogen-bond donors (Lipinski definition) is 1. The van der Waals surface area contributed by atoms with Crippen molar-refractivity contribution in [1.29, 1.82) is 0 Å². The zero-order valence-corrected chi connectivity index (χ0v) is 11.0. The summed E-state index contributed by atoms with van der Waals surface area (Å²) in [4.78, 5) is 11.7. The molecule has 0 aliphatic heterocycles. The lowest BCUT2D eigenvalue weighted by atomic mass is 9.84. The first-order valence-corrected chi connectivity index (χ1v) is 6.72. The van der Waals surface area contributed by atoms with Gasteiger partial charge in [-0.05, 0) is 26.2 Å². The maximum atomic E-state index is 11.7. The molecule has 0 heterocycles. The van der Waals surface area contributed by atoms with Crippen LogP contribution in [0.1, 0.15) is 52.4 Å². The summed E-state index contributed by atoms with van der Waals surface area (Å²) in [5.74, 6) is -0.256. The maximum absolute atomic E-state index is 11.7. The molecule has 0 radical (unpaired) electrons. The van der Waals surface area contributed by atoms with Crippen molar-refractivity contribution in [2.45, 2.75) is 64.1 Å². The Morgan fingerprint density at radius 3 is 2.41 bits per heavy atom. The highest BCUT2D eigenvalue weighted by Crippen LogP contribution is 2.32. The molecule has 1 aliphatic carbocycles. The molecule has 1 aliphatic rings. The van der Waals surface area contributed by atoms with Crippen LogP contribution in [0, 0.1) is 0 Å². The summed E-state index contributed by atoms with van der Waals surface area (Å²) in [6, 6.07) is 0. The molecular weight excluding hydrogens is 218 g/mol. The van der Waals surface area contributed by atoms with Crippen LogP contribution >= 0.6 is 0 Å². The lowest BCUT2D eigenvalue weighted by Crippen LogP contribution is -2.47. The van der Waals surface area contributed by atoms with E-state index in [1.54, 1.807) is 0 Å². The Hall–Kier alpha value is -0.610. The summed E-state index contributed by atoms with van der Waals surface area (Å²) >= 11 is 0. The molecule has 1 rings (SSSR count). The van der Waals surface area contributed by atoms with E-state index < -0.39 is 6.10 Å². The molecule has 17 heavy (non-hydrogen) atoms. The van der Waals surface area contributed by atoms with Crippen LogP contribution in [0.25, 0.3) is 0 Å². The van der Waals surface area contributed by atoms with Gasteiger partial charge in [-0.3, -0.25) is 0 Å². The summed E-state index contributed by atoms with van der Waals surface area (Å²) in [7, 11) is 0. The summed E-state index contributed by atoms with van der Waals surface area (Å²) in [6.45, 7) is 4.63. The highest BCUT2D eigenvalue weighted by Gasteiger charge is 2.36. The average molecular weight is 243 g/mol. The molecule has 0 amide bonds. The summed E-state index contributed by atoms with van der Waals surface area (Å²) in [5, 5.41) is 0. The molecule has 100 valence electrons. The first-order valence-electron chi connectivity index (χ1n) is 6.72. The highest BCUT2D eigenvalue weighted by molar-refractivity contribution is 5.74. The second kappa shape index (κ2) is 6.97. The van der Waals surface area contributed by atoms with E-state index in [-0.39, 0.29) is 11.6 Å². The summed E-state index contributed by atoms with van der Waals surface area (Å²) in [5.41, 5.74) is 5.54. The first kappa shape index (κ1) is 14.5. The lowest BCUT2D eigenvalue weighted by Gasteiger charge is -2.38. The molecule has 0 spiro atoms. The van der Waals surface area contributed by atoms with Crippen molar-refractivity contribution in [1.82, 2.24) is 0 Å². The van der Waals surface area contributed by atoms with Crippen LogP contribution in [0.5, 0.6) is 0 Å². The predicted molar refractivity (Wildman–Crippen MR) is 66.7 cm³/mol. The SMILES string of the molecule is CCOC(=O)C(CC)OC1(CN)CCCCC1. The number of carbonyl (C=O) groups is 1. The van der Waals surface area contributed by atoms with Crippen molar-refractivity contribution in [3.05, 3.63) is 0 Å². The largest absolute Gasteiger partial charge is 0.464 e. The van der Waals surface area contributed by atoms with Crippen molar-refractivity contribution < 1.29 is 14.3 Å². The van der Waals surface area contributed by atoms with Gasteiger partial charge in [0, 0.05) is 6.54 Å². The molecule has 0 saturated heterocycles. The van der Waals surface area contributed by atoms with Gasteiger partial charge >= 0.3 is 5.97 Å². The third-order valence-electron chi connectivity index (χ3n) is 3.45. The Morgan fingerprint density at radius 1 is 1.29 bits per heavy atom. The summed E-state index contributed by atoms with van der Waals surface area (Å²) in [6.07, 6.45) is 5.60. The molecule has 2 N–H and O–H groups in total. The second-order valence-corrected chi connectivity index (χ2v) is 4.71. The van der Waals surface area contributed by atoms with E-state index in [1.165, 1.54) is 6.42 Å². The van der Waals surface area contributed by atoms with Crippen molar-refractivity contribution in [2.24, 2.45) is 5.73 Å². The highest BCUT2D eigenvalue weighted by atomic mass is 16.6. The van der Waals surface area contributed by atoms with Crippen molar-refractivity contribution in [2.75, 3.05) is 13.2 Å². The molecule has 1 atom stereocenters. The van der Waals surface area contributed by atoms with Gasteiger partial charge in [-0.2, -0.15) is 0 Å². The van der Waals surface area contributed by atoms with Crippen molar-refractivity contribution in [3.8, 4) is 0 Å². The van der Waals surface area contributed by atoms with Gasteiger partial charge in [0.05, 0.1) is 12.2 Å². The molecule has 4 heteroatoms.